The van der Waals surface area contributed by atoms with E-state index in [0.717, 1.165) is 6.54 Å². The first-order chi connectivity index (χ1) is 8.59. The molecule has 3 nitrogen and oxygen atoms in total. The van der Waals surface area contributed by atoms with Gasteiger partial charge in [0.1, 0.15) is 0 Å². The number of nitrogens with one attached hydrogen (secondary N) is 1. The Labute approximate surface area is 110 Å². The standard InChI is InChI=1S/C15H24N2O/c1-15(2)7-4-13(5-8-15)17-11-12-6-9-16-14(10-12)18-3/h6,9-10,13,17H,4-5,7-8,11H2,1-3H3. The fourth-order valence-electron chi connectivity index (χ4n) is 2.54. The SMILES string of the molecule is COc1cc(CNC2CCC(C)(C)CC2)ccn1. The summed E-state index contributed by atoms with van der Waals surface area (Å²) in [6.07, 6.45) is 7.03. The first-order valence-corrected chi connectivity index (χ1v) is 6.81. The largest absolute Gasteiger partial charge is 0.481 e. The second kappa shape index (κ2) is 5.70. The number of nitrogens with zero attached hydrogens (tertiary/aromatic N) is 1. The van der Waals surface area contributed by atoms with E-state index in [-0.39, 0.29) is 0 Å². The normalized spacial score (nSPS) is 19.7. The molecule has 0 amide bonds. The molecule has 1 N–H and O–H groups in total. The molecule has 0 aromatic carbocycles. The van der Waals surface area contributed by atoms with Crippen LogP contribution in [0.1, 0.15) is 45.1 Å². The summed E-state index contributed by atoms with van der Waals surface area (Å²) < 4.78 is 5.14. The van der Waals surface area contributed by atoms with Crippen LogP contribution in [-0.2, 0) is 6.54 Å². The Morgan fingerprint density at radius 3 is 2.78 bits per heavy atom. The summed E-state index contributed by atoms with van der Waals surface area (Å²) in [6, 6.07) is 4.71. The van der Waals surface area contributed by atoms with Gasteiger partial charge >= 0.3 is 0 Å². The van der Waals surface area contributed by atoms with E-state index in [1.807, 2.05) is 12.1 Å². The van der Waals surface area contributed by atoms with Crippen LogP contribution in [0.5, 0.6) is 5.88 Å². The molecule has 18 heavy (non-hydrogen) atoms. The second-order valence-corrected chi connectivity index (χ2v) is 6.03. The van der Waals surface area contributed by atoms with Crippen LogP contribution < -0.4 is 10.1 Å². The summed E-state index contributed by atoms with van der Waals surface area (Å²) in [5.74, 6) is 0.694. The molecule has 1 aliphatic rings. The van der Waals surface area contributed by atoms with E-state index in [4.69, 9.17) is 4.74 Å². The molecule has 100 valence electrons. The molecule has 2 rings (SSSR count). The molecule has 0 bridgehead atoms. The molecular weight excluding hydrogens is 224 g/mol. The van der Waals surface area contributed by atoms with Crippen LogP contribution in [0.3, 0.4) is 0 Å². The number of rotatable bonds is 4. The molecule has 0 spiro atoms. The zero-order chi connectivity index (χ0) is 13.0. The van der Waals surface area contributed by atoms with Gasteiger partial charge in [-0.25, -0.2) is 4.98 Å². The van der Waals surface area contributed by atoms with Gasteiger partial charge in [-0.05, 0) is 42.7 Å². The van der Waals surface area contributed by atoms with Crippen LogP contribution in [0.4, 0.5) is 0 Å². The Kier molecular flexibility index (Phi) is 4.23. The number of hydrogen-bond donors (Lipinski definition) is 1. The predicted octanol–water partition coefficient (Wildman–Crippen LogP) is 3.15. The molecule has 1 fully saturated rings. The molecule has 1 saturated carbocycles. The Morgan fingerprint density at radius 2 is 2.11 bits per heavy atom. The quantitative estimate of drug-likeness (QED) is 0.888. The Morgan fingerprint density at radius 1 is 1.39 bits per heavy atom. The van der Waals surface area contributed by atoms with Crippen molar-refractivity contribution in [2.45, 2.75) is 52.1 Å². The van der Waals surface area contributed by atoms with Gasteiger partial charge in [0.15, 0.2) is 0 Å². The van der Waals surface area contributed by atoms with Crippen molar-refractivity contribution in [2.75, 3.05) is 7.11 Å². The average molecular weight is 248 g/mol. The van der Waals surface area contributed by atoms with Gasteiger partial charge in [-0.3, -0.25) is 0 Å². The zero-order valence-corrected chi connectivity index (χ0v) is 11.7. The molecule has 3 heteroatoms. The summed E-state index contributed by atoms with van der Waals surface area (Å²) in [5.41, 5.74) is 1.78. The smallest absolute Gasteiger partial charge is 0.213 e. The predicted molar refractivity (Wildman–Crippen MR) is 73.7 cm³/mol. The first-order valence-electron chi connectivity index (χ1n) is 6.81. The lowest BCUT2D eigenvalue weighted by Crippen LogP contribution is -2.35. The molecule has 1 aromatic heterocycles. The summed E-state index contributed by atoms with van der Waals surface area (Å²) in [7, 11) is 1.66. The lowest BCUT2D eigenvalue weighted by Gasteiger charge is -2.34. The van der Waals surface area contributed by atoms with Gasteiger partial charge in [-0.2, -0.15) is 0 Å². The number of hydrogen-bond acceptors (Lipinski definition) is 3. The van der Waals surface area contributed by atoms with Crippen LogP contribution in [0.2, 0.25) is 0 Å². The fraction of sp³-hybridized carbons (Fsp3) is 0.667. The molecule has 0 atom stereocenters. The number of ether oxygens (including phenoxy) is 1. The van der Waals surface area contributed by atoms with Gasteiger partial charge in [0.2, 0.25) is 5.88 Å². The van der Waals surface area contributed by atoms with E-state index in [9.17, 15) is 0 Å². The highest BCUT2D eigenvalue weighted by molar-refractivity contribution is 5.20. The molecule has 1 heterocycles. The lowest BCUT2D eigenvalue weighted by atomic mass is 9.75. The zero-order valence-electron chi connectivity index (χ0n) is 11.7. The molecule has 1 aromatic rings. The van der Waals surface area contributed by atoms with E-state index in [2.05, 4.69) is 24.1 Å². The minimum atomic E-state index is 0.540. The molecule has 0 radical (unpaired) electrons. The van der Waals surface area contributed by atoms with Gasteiger partial charge in [-0.15, -0.1) is 0 Å². The van der Waals surface area contributed by atoms with Crippen LogP contribution in [0, 0.1) is 5.41 Å². The number of methoxy groups -OCH3 is 1. The Balaban J connectivity index is 1.81. The van der Waals surface area contributed by atoms with Crippen LogP contribution in [-0.4, -0.2) is 18.1 Å². The summed E-state index contributed by atoms with van der Waals surface area (Å²) in [5, 5.41) is 3.64. The van der Waals surface area contributed by atoms with Crippen molar-refractivity contribution >= 4 is 0 Å². The van der Waals surface area contributed by atoms with Gasteiger partial charge < -0.3 is 10.1 Å². The van der Waals surface area contributed by atoms with Crippen LogP contribution in [0.15, 0.2) is 18.3 Å². The molecule has 0 saturated heterocycles. The fourth-order valence-corrected chi connectivity index (χ4v) is 2.54. The highest BCUT2D eigenvalue weighted by Gasteiger charge is 2.26. The summed E-state index contributed by atoms with van der Waals surface area (Å²) >= 11 is 0. The van der Waals surface area contributed by atoms with E-state index in [1.54, 1.807) is 13.3 Å². The lowest BCUT2D eigenvalue weighted by molar-refractivity contribution is 0.206. The van der Waals surface area contributed by atoms with E-state index in [1.165, 1.54) is 31.2 Å². The van der Waals surface area contributed by atoms with E-state index >= 15 is 0 Å². The van der Waals surface area contributed by atoms with Crippen molar-refractivity contribution in [2.24, 2.45) is 5.41 Å². The maximum atomic E-state index is 5.14. The maximum Gasteiger partial charge on any atom is 0.213 e. The van der Waals surface area contributed by atoms with Crippen LogP contribution in [0.25, 0.3) is 0 Å². The van der Waals surface area contributed by atoms with Crippen molar-refractivity contribution in [1.29, 1.82) is 0 Å². The number of pyridine rings is 1. The second-order valence-electron chi connectivity index (χ2n) is 6.03. The van der Waals surface area contributed by atoms with Crippen LogP contribution >= 0.6 is 0 Å². The highest BCUT2D eigenvalue weighted by atomic mass is 16.5. The van der Waals surface area contributed by atoms with Gasteiger partial charge in [0, 0.05) is 24.8 Å². The van der Waals surface area contributed by atoms with Gasteiger partial charge in [0.25, 0.3) is 0 Å². The van der Waals surface area contributed by atoms with Crippen molar-refractivity contribution < 1.29 is 4.74 Å². The van der Waals surface area contributed by atoms with Crippen molar-refractivity contribution in [3.05, 3.63) is 23.9 Å². The topological polar surface area (TPSA) is 34.1 Å². The third-order valence-corrected chi connectivity index (χ3v) is 3.94. The Hall–Kier alpha value is -1.09. The van der Waals surface area contributed by atoms with Crippen molar-refractivity contribution in [3.8, 4) is 5.88 Å². The minimum Gasteiger partial charge on any atom is -0.481 e. The maximum absolute atomic E-state index is 5.14. The monoisotopic (exact) mass is 248 g/mol. The number of aromatic nitrogens is 1. The molecular formula is C15H24N2O. The van der Waals surface area contributed by atoms with E-state index < -0.39 is 0 Å². The van der Waals surface area contributed by atoms with E-state index in [0.29, 0.717) is 17.3 Å². The highest BCUT2D eigenvalue weighted by Crippen LogP contribution is 2.35. The van der Waals surface area contributed by atoms with Gasteiger partial charge in [0.05, 0.1) is 7.11 Å². The molecule has 0 unspecified atom stereocenters. The van der Waals surface area contributed by atoms with Crippen molar-refractivity contribution in [1.82, 2.24) is 10.3 Å². The summed E-state index contributed by atoms with van der Waals surface area (Å²) in [6.45, 7) is 5.65. The molecule has 1 aliphatic carbocycles. The summed E-state index contributed by atoms with van der Waals surface area (Å²) in [4.78, 5) is 4.12. The third kappa shape index (κ3) is 3.70. The average Bonchev–Trinajstić information content (AvgIpc) is 2.38. The van der Waals surface area contributed by atoms with Gasteiger partial charge in [-0.1, -0.05) is 13.8 Å². The van der Waals surface area contributed by atoms with Crippen molar-refractivity contribution in [3.63, 3.8) is 0 Å². The first kappa shape index (κ1) is 13.3. The Bertz CT molecular complexity index is 380. The molecule has 0 aliphatic heterocycles. The third-order valence-electron chi connectivity index (χ3n) is 3.94. The minimum absolute atomic E-state index is 0.540.